The second-order valence-electron chi connectivity index (χ2n) is 4.38. The number of nitro benzene ring substituents is 1. The van der Waals surface area contributed by atoms with Crippen LogP contribution in [0.2, 0.25) is 0 Å². The molecule has 5 heteroatoms. The molecule has 1 fully saturated rings. The molecule has 82 valence electrons. The Morgan fingerprint density at radius 2 is 2.12 bits per heavy atom. The first-order valence-electron chi connectivity index (χ1n) is 5.21. The summed E-state index contributed by atoms with van der Waals surface area (Å²) in [6, 6.07) is 4.83. The SMILES string of the molecule is O=[N+]([O-])c1ccc2c(c1)/C(=N\O)C1CC2C1. The highest BCUT2D eigenvalue weighted by Crippen LogP contribution is 2.50. The van der Waals surface area contributed by atoms with Crippen molar-refractivity contribution in [2.24, 2.45) is 11.1 Å². The average molecular weight is 218 g/mol. The number of rotatable bonds is 1. The Morgan fingerprint density at radius 3 is 2.75 bits per heavy atom. The number of hydrogen-bond donors (Lipinski definition) is 1. The third-order valence-electron chi connectivity index (χ3n) is 3.60. The highest BCUT2D eigenvalue weighted by molar-refractivity contribution is 6.06. The van der Waals surface area contributed by atoms with Crippen molar-refractivity contribution in [3.63, 3.8) is 0 Å². The number of benzene rings is 1. The van der Waals surface area contributed by atoms with Crippen molar-refractivity contribution < 1.29 is 10.1 Å². The third-order valence-corrected chi connectivity index (χ3v) is 3.60. The van der Waals surface area contributed by atoms with E-state index in [1.165, 1.54) is 12.1 Å². The summed E-state index contributed by atoms with van der Waals surface area (Å²) in [5.41, 5.74) is 2.51. The summed E-state index contributed by atoms with van der Waals surface area (Å²) in [7, 11) is 0. The third kappa shape index (κ3) is 1.08. The van der Waals surface area contributed by atoms with Crippen LogP contribution in [0.25, 0.3) is 0 Å². The average Bonchev–Trinajstić information content (AvgIpc) is 2.25. The van der Waals surface area contributed by atoms with Crippen molar-refractivity contribution in [2.45, 2.75) is 18.8 Å². The van der Waals surface area contributed by atoms with Gasteiger partial charge in [-0.15, -0.1) is 0 Å². The van der Waals surface area contributed by atoms with E-state index in [-0.39, 0.29) is 11.6 Å². The monoisotopic (exact) mass is 218 g/mol. The molecule has 0 radical (unpaired) electrons. The molecule has 3 aliphatic carbocycles. The number of oxime groups is 1. The standard InChI is InChI=1S/C11H10N2O3/c14-12-11-7-3-6(4-7)9-2-1-8(13(15)16)5-10(9)11/h1-2,5-7,14H,3-4H2/b12-11-. The van der Waals surface area contributed by atoms with Gasteiger partial charge in [-0.05, 0) is 24.3 Å². The minimum atomic E-state index is -0.421. The van der Waals surface area contributed by atoms with E-state index in [1.807, 2.05) is 0 Å². The first kappa shape index (κ1) is 9.33. The number of hydrogen-bond acceptors (Lipinski definition) is 4. The minimum Gasteiger partial charge on any atom is -0.411 e. The quantitative estimate of drug-likeness (QED) is 0.446. The van der Waals surface area contributed by atoms with Crippen LogP contribution in [0.4, 0.5) is 5.69 Å². The number of non-ortho nitro benzene ring substituents is 1. The molecular formula is C11H10N2O3. The molecule has 0 saturated heterocycles. The molecule has 1 N–H and O–H groups in total. The van der Waals surface area contributed by atoms with E-state index in [0.717, 1.165) is 24.0 Å². The van der Waals surface area contributed by atoms with E-state index >= 15 is 0 Å². The summed E-state index contributed by atoms with van der Waals surface area (Å²) in [4.78, 5) is 10.3. The van der Waals surface area contributed by atoms with Crippen LogP contribution in [0, 0.1) is 16.0 Å². The molecule has 0 amide bonds. The maximum Gasteiger partial charge on any atom is 0.270 e. The molecule has 0 heterocycles. The molecule has 1 aromatic carbocycles. The van der Waals surface area contributed by atoms with Gasteiger partial charge in [0, 0.05) is 23.6 Å². The normalized spacial score (nSPS) is 28.4. The number of nitro groups is 1. The van der Waals surface area contributed by atoms with Gasteiger partial charge in [0.05, 0.1) is 10.6 Å². The molecule has 0 aliphatic heterocycles. The summed E-state index contributed by atoms with van der Waals surface area (Å²) < 4.78 is 0. The predicted molar refractivity (Wildman–Crippen MR) is 56.9 cm³/mol. The summed E-state index contributed by atoms with van der Waals surface area (Å²) >= 11 is 0. The maximum atomic E-state index is 10.7. The van der Waals surface area contributed by atoms with E-state index < -0.39 is 4.92 Å². The van der Waals surface area contributed by atoms with Crippen molar-refractivity contribution in [1.82, 2.24) is 0 Å². The Labute approximate surface area is 91.5 Å². The Morgan fingerprint density at radius 1 is 1.38 bits per heavy atom. The maximum absolute atomic E-state index is 10.7. The highest BCUT2D eigenvalue weighted by Gasteiger charge is 2.42. The van der Waals surface area contributed by atoms with Gasteiger partial charge in [0.25, 0.3) is 5.69 Å². The molecular weight excluding hydrogens is 208 g/mol. The van der Waals surface area contributed by atoms with Crippen LogP contribution >= 0.6 is 0 Å². The summed E-state index contributed by atoms with van der Waals surface area (Å²) in [6.07, 6.45) is 2.01. The molecule has 0 atom stereocenters. The van der Waals surface area contributed by atoms with Crippen LogP contribution in [-0.2, 0) is 0 Å². The molecule has 3 aliphatic rings. The van der Waals surface area contributed by atoms with Gasteiger partial charge in [-0.25, -0.2) is 0 Å². The summed E-state index contributed by atoms with van der Waals surface area (Å²) in [5.74, 6) is 0.774. The molecule has 4 rings (SSSR count). The molecule has 0 aromatic heterocycles. The zero-order valence-electron chi connectivity index (χ0n) is 8.46. The zero-order valence-corrected chi connectivity index (χ0v) is 8.46. The Bertz CT molecular complexity index is 504. The van der Waals surface area contributed by atoms with Gasteiger partial charge in [-0.1, -0.05) is 11.2 Å². The number of nitrogens with zero attached hydrogens (tertiary/aromatic N) is 2. The molecule has 1 saturated carbocycles. The van der Waals surface area contributed by atoms with Crippen LogP contribution in [0.1, 0.15) is 29.9 Å². The van der Waals surface area contributed by atoms with E-state index in [2.05, 4.69) is 5.16 Å². The second-order valence-corrected chi connectivity index (χ2v) is 4.38. The Kier molecular flexibility index (Phi) is 1.77. The van der Waals surface area contributed by atoms with Crippen molar-refractivity contribution in [2.75, 3.05) is 0 Å². The second kappa shape index (κ2) is 3.04. The smallest absolute Gasteiger partial charge is 0.270 e. The molecule has 2 bridgehead atoms. The lowest BCUT2D eigenvalue weighted by atomic mass is 9.61. The van der Waals surface area contributed by atoms with E-state index in [4.69, 9.17) is 5.21 Å². The minimum absolute atomic E-state index is 0.0567. The highest BCUT2D eigenvalue weighted by atomic mass is 16.6. The van der Waals surface area contributed by atoms with Crippen molar-refractivity contribution in [3.05, 3.63) is 39.4 Å². The van der Waals surface area contributed by atoms with Gasteiger partial charge in [-0.2, -0.15) is 0 Å². The predicted octanol–water partition coefficient (Wildman–Crippen LogP) is 2.28. The van der Waals surface area contributed by atoms with E-state index in [1.54, 1.807) is 6.07 Å². The van der Waals surface area contributed by atoms with E-state index in [9.17, 15) is 10.1 Å². The van der Waals surface area contributed by atoms with Gasteiger partial charge in [0.2, 0.25) is 0 Å². The van der Waals surface area contributed by atoms with Crippen molar-refractivity contribution in [1.29, 1.82) is 0 Å². The first-order chi connectivity index (χ1) is 7.70. The molecule has 0 spiro atoms. The van der Waals surface area contributed by atoms with Gasteiger partial charge >= 0.3 is 0 Å². The Balaban J connectivity index is 2.17. The largest absolute Gasteiger partial charge is 0.411 e. The lowest BCUT2D eigenvalue weighted by Crippen LogP contribution is -2.36. The molecule has 0 unspecified atom stereocenters. The van der Waals surface area contributed by atoms with E-state index in [0.29, 0.717) is 11.6 Å². The van der Waals surface area contributed by atoms with Gasteiger partial charge in [0.1, 0.15) is 0 Å². The fraction of sp³-hybridized carbons (Fsp3) is 0.364. The van der Waals surface area contributed by atoms with Crippen LogP contribution in [-0.4, -0.2) is 15.8 Å². The zero-order chi connectivity index (χ0) is 11.3. The molecule has 5 nitrogen and oxygen atoms in total. The topological polar surface area (TPSA) is 75.7 Å². The van der Waals surface area contributed by atoms with Gasteiger partial charge < -0.3 is 5.21 Å². The van der Waals surface area contributed by atoms with Crippen molar-refractivity contribution >= 4 is 11.4 Å². The summed E-state index contributed by atoms with van der Waals surface area (Å²) in [5, 5.41) is 23.0. The Hall–Kier alpha value is -1.91. The lowest BCUT2D eigenvalue weighted by Gasteiger charge is -2.42. The lowest BCUT2D eigenvalue weighted by molar-refractivity contribution is -0.384. The fourth-order valence-electron chi connectivity index (χ4n) is 2.69. The van der Waals surface area contributed by atoms with Crippen LogP contribution < -0.4 is 0 Å². The molecule has 1 aromatic rings. The molecule has 16 heavy (non-hydrogen) atoms. The van der Waals surface area contributed by atoms with Gasteiger partial charge in [0.15, 0.2) is 0 Å². The van der Waals surface area contributed by atoms with Crippen LogP contribution in [0.5, 0.6) is 0 Å². The first-order valence-corrected chi connectivity index (χ1v) is 5.21. The summed E-state index contributed by atoms with van der Waals surface area (Å²) in [6.45, 7) is 0. The van der Waals surface area contributed by atoms with Crippen molar-refractivity contribution in [3.8, 4) is 0 Å². The fourth-order valence-corrected chi connectivity index (χ4v) is 2.69. The van der Waals surface area contributed by atoms with Gasteiger partial charge in [-0.3, -0.25) is 10.1 Å². The van der Waals surface area contributed by atoms with Crippen LogP contribution in [0.15, 0.2) is 23.4 Å². The van der Waals surface area contributed by atoms with Crippen LogP contribution in [0.3, 0.4) is 0 Å².